The summed E-state index contributed by atoms with van der Waals surface area (Å²) in [5, 5.41) is 8.48. The Balaban J connectivity index is 3.08. The highest BCUT2D eigenvalue weighted by atomic mass is 32.2. The van der Waals surface area contributed by atoms with Crippen LogP contribution >= 0.6 is 0 Å². The first-order valence-electron chi connectivity index (χ1n) is 6.46. The molecule has 1 rings (SSSR count). The minimum Gasteiger partial charge on any atom is -0.480 e. The van der Waals surface area contributed by atoms with Crippen molar-refractivity contribution < 1.29 is 26.7 Å². The van der Waals surface area contributed by atoms with Gasteiger partial charge in [-0.2, -0.15) is 9.03 Å². The first-order valence-corrected chi connectivity index (χ1v) is 9.39. The van der Waals surface area contributed by atoms with Gasteiger partial charge in [-0.25, -0.2) is 16.8 Å². The van der Waals surface area contributed by atoms with Gasteiger partial charge in [0, 0.05) is 13.1 Å². The van der Waals surface area contributed by atoms with Crippen LogP contribution in [0.15, 0.2) is 34.1 Å². The van der Waals surface area contributed by atoms with E-state index in [1.165, 1.54) is 16.4 Å². The number of hydrogen-bond acceptors (Lipinski definition) is 5. The molecule has 0 bridgehead atoms. The summed E-state index contributed by atoms with van der Waals surface area (Å²) < 4.78 is 51.3. The molecule has 0 unspecified atom stereocenters. The first kappa shape index (κ1) is 18.6. The Bertz CT molecular complexity index is 721. The maximum Gasteiger partial charge on any atom is 0.318 e. The number of hydrogen-bond donors (Lipinski definition) is 2. The van der Waals surface area contributed by atoms with Crippen LogP contribution in [0, 0.1) is 0 Å². The van der Waals surface area contributed by atoms with Gasteiger partial charge in [0.05, 0.1) is 9.79 Å². The Kier molecular flexibility index (Phi) is 6.06. The van der Waals surface area contributed by atoms with E-state index in [9.17, 15) is 21.6 Å². The van der Waals surface area contributed by atoms with E-state index in [0.717, 1.165) is 12.1 Å². The molecule has 8 nitrogen and oxygen atoms in total. The molecule has 0 aromatic heterocycles. The fraction of sp³-hybridized carbons (Fsp3) is 0.417. The molecule has 0 spiro atoms. The number of benzene rings is 1. The second-order valence-corrected chi connectivity index (χ2v) is 7.98. The van der Waals surface area contributed by atoms with Crippen molar-refractivity contribution in [1.29, 1.82) is 0 Å². The summed E-state index contributed by atoms with van der Waals surface area (Å²) in [5.74, 6) is -1.32. The van der Waals surface area contributed by atoms with Gasteiger partial charge in [-0.15, -0.1) is 0 Å². The molecule has 0 heterocycles. The largest absolute Gasteiger partial charge is 0.480 e. The van der Waals surface area contributed by atoms with Crippen LogP contribution in [0.4, 0.5) is 0 Å². The van der Waals surface area contributed by atoms with E-state index in [1.54, 1.807) is 13.8 Å². The minimum atomic E-state index is -3.99. The maximum absolute atomic E-state index is 12.3. The Morgan fingerprint density at radius 2 is 1.50 bits per heavy atom. The molecule has 0 aliphatic carbocycles. The molecule has 0 atom stereocenters. The third kappa shape index (κ3) is 4.26. The smallest absolute Gasteiger partial charge is 0.318 e. The molecule has 1 aromatic rings. The van der Waals surface area contributed by atoms with Crippen LogP contribution in [0.3, 0.4) is 0 Å². The zero-order chi connectivity index (χ0) is 17.0. The number of aliphatic carboxylic acids is 1. The molecule has 0 aliphatic heterocycles. The molecule has 1 aromatic carbocycles. The maximum atomic E-state index is 12.3. The third-order valence-electron chi connectivity index (χ3n) is 2.89. The van der Waals surface area contributed by atoms with E-state index in [-0.39, 0.29) is 9.79 Å². The third-order valence-corrected chi connectivity index (χ3v) is 6.37. The molecule has 0 radical (unpaired) electrons. The second kappa shape index (κ2) is 7.18. The van der Waals surface area contributed by atoms with Gasteiger partial charge >= 0.3 is 5.97 Å². The monoisotopic (exact) mass is 350 g/mol. The van der Waals surface area contributed by atoms with Crippen LogP contribution in [0.5, 0.6) is 0 Å². The predicted molar refractivity (Wildman–Crippen MR) is 79.4 cm³/mol. The van der Waals surface area contributed by atoms with Crippen molar-refractivity contribution >= 4 is 26.0 Å². The molecule has 10 heteroatoms. The fourth-order valence-corrected chi connectivity index (χ4v) is 4.18. The molecule has 124 valence electrons. The summed E-state index contributed by atoms with van der Waals surface area (Å²) in [6, 6.07) is 4.62. The number of rotatable bonds is 8. The molecule has 0 saturated heterocycles. The molecule has 2 N–H and O–H groups in total. The molecule has 0 fully saturated rings. The van der Waals surface area contributed by atoms with Gasteiger partial charge in [0.15, 0.2) is 0 Å². The van der Waals surface area contributed by atoms with Crippen molar-refractivity contribution in [2.45, 2.75) is 23.6 Å². The van der Waals surface area contributed by atoms with Crippen LogP contribution < -0.4 is 4.72 Å². The number of carboxylic acid groups (broad SMARTS) is 1. The quantitative estimate of drug-likeness (QED) is 0.685. The van der Waals surface area contributed by atoms with Crippen LogP contribution in [0.25, 0.3) is 0 Å². The van der Waals surface area contributed by atoms with Gasteiger partial charge in [-0.05, 0) is 24.3 Å². The van der Waals surface area contributed by atoms with E-state index >= 15 is 0 Å². The van der Waals surface area contributed by atoms with Crippen LogP contribution in [-0.2, 0) is 24.8 Å². The number of nitrogens with one attached hydrogen (secondary N) is 1. The lowest BCUT2D eigenvalue weighted by Crippen LogP contribution is -2.31. The Morgan fingerprint density at radius 1 is 1.05 bits per heavy atom. The van der Waals surface area contributed by atoms with E-state index in [2.05, 4.69) is 0 Å². The highest BCUT2D eigenvalue weighted by Gasteiger charge is 2.22. The van der Waals surface area contributed by atoms with Crippen molar-refractivity contribution in [1.82, 2.24) is 9.03 Å². The average Bonchev–Trinajstić information content (AvgIpc) is 2.46. The SMILES string of the molecule is CCN(CC)S(=O)(=O)c1ccc(S(=O)(=O)NCC(=O)O)cc1. The summed E-state index contributed by atoms with van der Waals surface area (Å²) in [4.78, 5) is 10.2. The second-order valence-electron chi connectivity index (χ2n) is 4.28. The van der Waals surface area contributed by atoms with Crippen molar-refractivity contribution in [2.24, 2.45) is 0 Å². The minimum absolute atomic E-state index is 0.0200. The average molecular weight is 350 g/mol. The lowest BCUT2D eigenvalue weighted by atomic mass is 10.4. The summed E-state index contributed by atoms with van der Waals surface area (Å²) in [6.45, 7) is 3.27. The molecule has 0 aliphatic rings. The van der Waals surface area contributed by atoms with Crippen LogP contribution in [0.1, 0.15) is 13.8 Å². The number of nitrogens with zero attached hydrogens (tertiary/aromatic N) is 1. The van der Waals surface area contributed by atoms with Crippen LogP contribution in [0.2, 0.25) is 0 Å². The Morgan fingerprint density at radius 3 is 1.91 bits per heavy atom. The van der Waals surface area contributed by atoms with E-state index < -0.39 is 32.6 Å². The number of carboxylic acids is 1. The summed E-state index contributed by atoms with van der Waals surface area (Å²) in [5.41, 5.74) is 0. The highest BCUT2D eigenvalue weighted by Crippen LogP contribution is 2.18. The first-order chi connectivity index (χ1) is 10.1. The van der Waals surface area contributed by atoms with E-state index in [4.69, 9.17) is 5.11 Å². The van der Waals surface area contributed by atoms with Gasteiger partial charge in [-0.3, -0.25) is 4.79 Å². The zero-order valence-corrected chi connectivity index (χ0v) is 13.8. The van der Waals surface area contributed by atoms with Crippen molar-refractivity contribution in [2.75, 3.05) is 19.6 Å². The molecule has 0 amide bonds. The fourth-order valence-electron chi connectivity index (χ4n) is 1.74. The normalized spacial score (nSPS) is 12.5. The predicted octanol–water partition coefficient (Wildman–Crippen LogP) is 0.0800. The highest BCUT2D eigenvalue weighted by molar-refractivity contribution is 7.89. The Labute approximate surface area is 129 Å². The standard InChI is InChI=1S/C12H18N2O6S2/c1-3-14(4-2)22(19,20)11-7-5-10(6-8-11)21(17,18)13-9-12(15)16/h5-8,13H,3-4,9H2,1-2H3,(H,15,16). The number of carbonyl (C=O) groups is 1. The molecular formula is C12H18N2O6S2. The van der Waals surface area contributed by atoms with E-state index in [1.807, 2.05) is 4.72 Å². The van der Waals surface area contributed by atoms with Crippen LogP contribution in [-0.4, -0.2) is 51.9 Å². The summed E-state index contributed by atoms with van der Waals surface area (Å²) >= 11 is 0. The van der Waals surface area contributed by atoms with Crippen molar-refractivity contribution in [3.05, 3.63) is 24.3 Å². The number of sulfonamides is 2. The van der Waals surface area contributed by atoms with Gasteiger partial charge < -0.3 is 5.11 Å². The van der Waals surface area contributed by atoms with E-state index in [0.29, 0.717) is 13.1 Å². The zero-order valence-electron chi connectivity index (χ0n) is 12.2. The summed E-state index contributed by atoms with van der Waals surface area (Å²) in [6.07, 6.45) is 0. The topological polar surface area (TPSA) is 121 Å². The Hall–Kier alpha value is -1.49. The van der Waals surface area contributed by atoms with Gasteiger partial charge in [0.2, 0.25) is 20.0 Å². The van der Waals surface area contributed by atoms with Crippen molar-refractivity contribution in [3.63, 3.8) is 0 Å². The van der Waals surface area contributed by atoms with Crippen molar-refractivity contribution in [3.8, 4) is 0 Å². The van der Waals surface area contributed by atoms with Gasteiger partial charge in [0.25, 0.3) is 0 Å². The molecule has 0 saturated carbocycles. The van der Waals surface area contributed by atoms with Gasteiger partial charge in [0.1, 0.15) is 6.54 Å². The lowest BCUT2D eigenvalue weighted by molar-refractivity contribution is -0.135. The lowest BCUT2D eigenvalue weighted by Gasteiger charge is -2.18. The summed E-state index contributed by atoms with van der Waals surface area (Å²) in [7, 11) is -7.65. The molecule has 22 heavy (non-hydrogen) atoms. The molecular weight excluding hydrogens is 332 g/mol. The van der Waals surface area contributed by atoms with Gasteiger partial charge in [-0.1, -0.05) is 13.8 Å².